The van der Waals surface area contributed by atoms with Gasteiger partial charge in [-0.05, 0) is 42.7 Å². The van der Waals surface area contributed by atoms with E-state index in [1.54, 1.807) is 19.1 Å². The zero-order valence-corrected chi connectivity index (χ0v) is 13.9. The number of amides is 1. The van der Waals surface area contributed by atoms with Gasteiger partial charge in [0.25, 0.3) is 5.91 Å². The molecule has 0 radical (unpaired) electrons. The summed E-state index contributed by atoms with van der Waals surface area (Å²) in [5.41, 5.74) is 3.17. The molecule has 0 fully saturated rings. The Bertz CT molecular complexity index is 919. The average molecular weight is 322 g/mol. The zero-order valence-electron chi connectivity index (χ0n) is 13.9. The Morgan fingerprint density at radius 3 is 2.58 bits per heavy atom. The first-order valence-corrected chi connectivity index (χ1v) is 7.93. The van der Waals surface area contributed by atoms with Gasteiger partial charge in [0.1, 0.15) is 5.82 Å². The molecule has 24 heavy (non-hydrogen) atoms. The van der Waals surface area contributed by atoms with E-state index in [-0.39, 0.29) is 17.6 Å². The van der Waals surface area contributed by atoms with Gasteiger partial charge in [-0.2, -0.15) is 0 Å². The summed E-state index contributed by atoms with van der Waals surface area (Å²) in [5.74, 6) is -0.396. The van der Waals surface area contributed by atoms with Crippen molar-refractivity contribution in [2.45, 2.75) is 26.7 Å². The van der Waals surface area contributed by atoms with E-state index in [4.69, 9.17) is 0 Å². The van der Waals surface area contributed by atoms with Crippen molar-refractivity contribution in [3.63, 3.8) is 0 Å². The molecule has 1 aromatic heterocycles. The van der Waals surface area contributed by atoms with Gasteiger partial charge in [0, 0.05) is 16.8 Å². The molecule has 4 heteroatoms. The van der Waals surface area contributed by atoms with Crippen LogP contribution in [0.1, 0.15) is 41.4 Å². The van der Waals surface area contributed by atoms with Crippen molar-refractivity contribution in [3.05, 3.63) is 71.2 Å². The second-order valence-corrected chi connectivity index (χ2v) is 6.18. The number of fused-ring (bicyclic) bond motifs is 1. The Morgan fingerprint density at radius 2 is 1.88 bits per heavy atom. The molecule has 0 aliphatic heterocycles. The lowest BCUT2D eigenvalue weighted by molar-refractivity contribution is 0.102. The fraction of sp³-hybridized carbons (Fsp3) is 0.200. The number of halogens is 1. The minimum absolute atomic E-state index is 0.206. The van der Waals surface area contributed by atoms with E-state index in [9.17, 15) is 9.18 Å². The number of hydrogen-bond acceptors (Lipinski definition) is 2. The summed E-state index contributed by atoms with van der Waals surface area (Å²) in [6.45, 7) is 5.76. The van der Waals surface area contributed by atoms with Crippen molar-refractivity contribution in [3.8, 4) is 0 Å². The van der Waals surface area contributed by atoms with Gasteiger partial charge in [-0.3, -0.25) is 9.78 Å². The molecule has 3 rings (SSSR count). The number of benzene rings is 2. The second kappa shape index (κ2) is 6.40. The van der Waals surface area contributed by atoms with Crippen LogP contribution in [0.3, 0.4) is 0 Å². The molecule has 0 saturated heterocycles. The first kappa shape index (κ1) is 16.1. The van der Waals surface area contributed by atoms with Crippen LogP contribution in [0.2, 0.25) is 0 Å². The number of para-hydroxylation sites is 1. The standard InChI is InChI=1S/C20H19FN2O/c1-12(2)19-11-16(15-6-4-5-7-18(15)23-19)20(24)22-14-9-8-13(3)17(21)10-14/h4-12H,1-3H3,(H,22,24). The molecule has 1 N–H and O–H groups in total. The van der Waals surface area contributed by atoms with Crippen LogP contribution in [0.5, 0.6) is 0 Å². The molecule has 0 aliphatic carbocycles. The molecule has 2 aromatic carbocycles. The fourth-order valence-electron chi connectivity index (χ4n) is 2.55. The van der Waals surface area contributed by atoms with Gasteiger partial charge in [-0.15, -0.1) is 0 Å². The summed E-state index contributed by atoms with van der Waals surface area (Å²) in [6.07, 6.45) is 0. The van der Waals surface area contributed by atoms with Crippen molar-refractivity contribution >= 4 is 22.5 Å². The maximum Gasteiger partial charge on any atom is 0.256 e. The number of rotatable bonds is 3. The quantitative estimate of drug-likeness (QED) is 0.732. The first-order chi connectivity index (χ1) is 11.5. The Balaban J connectivity index is 2.03. The van der Waals surface area contributed by atoms with Crippen LogP contribution in [0.4, 0.5) is 10.1 Å². The molecule has 3 aromatic rings. The fourth-order valence-corrected chi connectivity index (χ4v) is 2.55. The summed E-state index contributed by atoms with van der Waals surface area (Å²) in [5, 5.41) is 3.56. The van der Waals surface area contributed by atoms with Crippen molar-refractivity contribution in [1.29, 1.82) is 0 Å². The lowest BCUT2D eigenvalue weighted by Gasteiger charge is -2.12. The van der Waals surface area contributed by atoms with E-state index in [0.29, 0.717) is 16.8 Å². The van der Waals surface area contributed by atoms with E-state index in [2.05, 4.69) is 10.3 Å². The summed E-state index contributed by atoms with van der Waals surface area (Å²) in [7, 11) is 0. The van der Waals surface area contributed by atoms with E-state index in [0.717, 1.165) is 16.6 Å². The van der Waals surface area contributed by atoms with Gasteiger partial charge in [0.2, 0.25) is 0 Å². The Kier molecular flexibility index (Phi) is 4.30. The topological polar surface area (TPSA) is 42.0 Å². The normalized spacial score (nSPS) is 11.0. The van der Waals surface area contributed by atoms with Gasteiger partial charge in [0.15, 0.2) is 0 Å². The molecule has 0 bridgehead atoms. The van der Waals surface area contributed by atoms with Crippen LogP contribution in [0.15, 0.2) is 48.5 Å². The number of nitrogens with one attached hydrogen (secondary N) is 1. The van der Waals surface area contributed by atoms with Crippen LogP contribution in [0.25, 0.3) is 10.9 Å². The van der Waals surface area contributed by atoms with Crippen molar-refractivity contribution < 1.29 is 9.18 Å². The number of aryl methyl sites for hydroxylation is 1. The smallest absolute Gasteiger partial charge is 0.256 e. The highest BCUT2D eigenvalue weighted by Gasteiger charge is 2.15. The number of carbonyl (C=O) groups excluding carboxylic acids is 1. The van der Waals surface area contributed by atoms with Gasteiger partial charge in [0.05, 0.1) is 11.1 Å². The van der Waals surface area contributed by atoms with Crippen molar-refractivity contribution in [2.24, 2.45) is 0 Å². The Morgan fingerprint density at radius 1 is 1.12 bits per heavy atom. The lowest BCUT2D eigenvalue weighted by Crippen LogP contribution is -2.14. The summed E-state index contributed by atoms with van der Waals surface area (Å²) >= 11 is 0. The first-order valence-electron chi connectivity index (χ1n) is 7.93. The second-order valence-electron chi connectivity index (χ2n) is 6.18. The predicted molar refractivity (Wildman–Crippen MR) is 94.9 cm³/mol. The zero-order chi connectivity index (χ0) is 17.3. The summed E-state index contributed by atoms with van der Waals surface area (Å²) < 4.78 is 13.7. The van der Waals surface area contributed by atoms with Crippen LogP contribution >= 0.6 is 0 Å². The lowest BCUT2D eigenvalue weighted by atomic mass is 10.0. The molecule has 0 aliphatic rings. The predicted octanol–water partition coefficient (Wildman–Crippen LogP) is 5.06. The van der Waals surface area contributed by atoms with Crippen LogP contribution in [-0.4, -0.2) is 10.9 Å². The maximum absolute atomic E-state index is 13.7. The van der Waals surface area contributed by atoms with Gasteiger partial charge >= 0.3 is 0 Å². The van der Waals surface area contributed by atoms with Crippen molar-refractivity contribution in [2.75, 3.05) is 5.32 Å². The summed E-state index contributed by atoms with van der Waals surface area (Å²) in [4.78, 5) is 17.3. The number of carbonyl (C=O) groups is 1. The molecule has 1 heterocycles. The Labute approximate surface area is 140 Å². The Hall–Kier alpha value is -2.75. The molecule has 3 nitrogen and oxygen atoms in total. The third-order valence-electron chi connectivity index (χ3n) is 4.00. The van der Waals surface area contributed by atoms with Gasteiger partial charge in [-0.1, -0.05) is 38.1 Å². The highest BCUT2D eigenvalue weighted by molar-refractivity contribution is 6.12. The number of pyridine rings is 1. The average Bonchev–Trinajstić information content (AvgIpc) is 2.57. The molecular formula is C20H19FN2O. The molecular weight excluding hydrogens is 303 g/mol. The SMILES string of the molecule is Cc1ccc(NC(=O)c2cc(C(C)C)nc3ccccc23)cc1F. The third kappa shape index (κ3) is 3.13. The third-order valence-corrected chi connectivity index (χ3v) is 4.00. The number of hydrogen-bond donors (Lipinski definition) is 1. The van der Waals surface area contributed by atoms with E-state index in [1.165, 1.54) is 6.07 Å². The van der Waals surface area contributed by atoms with E-state index < -0.39 is 0 Å². The number of anilines is 1. The highest BCUT2D eigenvalue weighted by Crippen LogP contribution is 2.23. The molecule has 0 unspecified atom stereocenters. The van der Waals surface area contributed by atoms with Crippen LogP contribution in [0, 0.1) is 12.7 Å². The minimum Gasteiger partial charge on any atom is -0.322 e. The molecule has 0 saturated carbocycles. The largest absolute Gasteiger partial charge is 0.322 e. The number of aromatic nitrogens is 1. The number of nitrogens with zero attached hydrogens (tertiary/aromatic N) is 1. The van der Waals surface area contributed by atoms with Crippen LogP contribution in [-0.2, 0) is 0 Å². The maximum atomic E-state index is 13.7. The van der Waals surface area contributed by atoms with E-state index in [1.807, 2.05) is 44.2 Å². The summed E-state index contributed by atoms with van der Waals surface area (Å²) in [6, 6.07) is 14.0. The molecule has 122 valence electrons. The monoisotopic (exact) mass is 322 g/mol. The van der Waals surface area contributed by atoms with E-state index >= 15 is 0 Å². The highest BCUT2D eigenvalue weighted by atomic mass is 19.1. The van der Waals surface area contributed by atoms with Crippen LogP contribution < -0.4 is 5.32 Å². The molecule has 0 spiro atoms. The van der Waals surface area contributed by atoms with Gasteiger partial charge in [-0.25, -0.2) is 4.39 Å². The van der Waals surface area contributed by atoms with Crippen molar-refractivity contribution in [1.82, 2.24) is 4.98 Å². The molecule has 1 amide bonds. The van der Waals surface area contributed by atoms with Gasteiger partial charge < -0.3 is 5.32 Å². The minimum atomic E-state index is -0.338. The molecule has 0 atom stereocenters.